The van der Waals surface area contributed by atoms with Crippen LogP contribution < -0.4 is 5.32 Å². The van der Waals surface area contributed by atoms with Gasteiger partial charge >= 0.3 is 6.18 Å². The Labute approximate surface area is 230 Å². The van der Waals surface area contributed by atoms with Crippen molar-refractivity contribution in [3.8, 4) is 11.8 Å². The average molecular weight is 544 g/mol. The van der Waals surface area contributed by atoms with E-state index in [9.17, 15) is 18.0 Å². The summed E-state index contributed by atoms with van der Waals surface area (Å²) in [5.41, 5.74) is 3.61. The molecule has 1 aliphatic rings. The number of piperazine rings is 1. The molecule has 5 rings (SSSR count). The summed E-state index contributed by atoms with van der Waals surface area (Å²) in [5.74, 6) is 5.68. The van der Waals surface area contributed by atoms with Gasteiger partial charge in [-0.05, 0) is 67.6 Å². The van der Waals surface area contributed by atoms with Crippen LogP contribution in [0, 0.1) is 18.8 Å². The number of nitrogens with zero attached hydrogens (tertiary/aromatic N) is 4. The number of anilines is 1. The van der Waals surface area contributed by atoms with Crippen LogP contribution in [0.5, 0.6) is 0 Å². The molecule has 1 N–H and O–H groups in total. The van der Waals surface area contributed by atoms with Crippen LogP contribution in [0.25, 0.3) is 11.0 Å². The third-order valence-electron chi connectivity index (χ3n) is 6.97. The molecule has 4 aromatic rings. The molecule has 9 heteroatoms. The molecular weight excluding hydrogens is 515 g/mol. The van der Waals surface area contributed by atoms with Crippen molar-refractivity contribution in [3.63, 3.8) is 0 Å². The second-order valence-corrected chi connectivity index (χ2v) is 9.94. The van der Waals surface area contributed by atoms with E-state index in [1.54, 1.807) is 30.6 Å². The monoisotopic (exact) mass is 543 g/mol. The Morgan fingerprint density at radius 1 is 0.925 bits per heavy atom. The molecule has 204 valence electrons. The number of hydrogen-bond donors (Lipinski definition) is 1. The van der Waals surface area contributed by atoms with Crippen LogP contribution in [0.2, 0.25) is 0 Å². The molecule has 0 saturated carbocycles. The molecule has 1 aromatic heterocycles. The fraction of sp³-hybridized carbons (Fsp3) is 0.258. The van der Waals surface area contributed by atoms with Crippen molar-refractivity contribution in [1.82, 2.24) is 19.8 Å². The number of amides is 1. The number of carbonyl (C=O) groups excluding carboxylic acids is 1. The highest BCUT2D eigenvalue weighted by molar-refractivity contribution is 6.04. The minimum Gasteiger partial charge on any atom is -0.322 e. The van der Waals surface area contributed by atoms with Crippen LogP contribution in [-0.4, -0.2) is 58.9 Å². The van der Waals surface area contributed by atoms with Crippen molar-refractivity contribution < 1.29 is 18.0 Å². The Kier molecular flexibility index (Phi) is 7.83. The maximum absolute atomic E-state index is 14.0. The van der Waals surface area contributed by atoms with Gasteiger partial charge in [-0.15, -0.1) is 0 Å². The van der Waals surface area contributed by atoms with Crippen LogP contribution >= 0.6 is 0 Å². The maximum atomic E-state index is 14.0. The molecule has 1 aliphatic heterocycles. The quantitative estimate of drug-likeness (QED) is 0.352. The largest absolute Gasteiger partial charge is 0.416 e. The predicted molar refractivity (Wildman–Crippen MR) is 149 cm³/mol. The summed E-state index contributed by atoms with van der Waals surface area (Å²) in [7, 11) is 2.00. The standard InChI is InChI=1S/C31H28F3N5O/c1-21-3-6-24(18-23(21)7-4-22-5-10-28-29(17-22)36-12-11-35-28)30(40)37-26-9-8-25(27(19-26)31(32,33)34)20-39-15-13-38(2)14-16-39/h3,5-6,8-12,17-19H,13-16,20H2,1-2H3,(H,37,40). The van der Waals surface area contributed by atoms with Gasteiger partial charge in [-0.25, -0.2) is 0 Å². The number of halogens is 3. The summed E-state index contributed by atoms with van der Waals surface area (Å²) in [4.78, 5) is 25.7. The molecule has 1 saturated heterocycles. The number of rotatable bonds is 4. The van der Waals surface area contributed by atoms with E-state index >= 15 is 0 Å². The topological polar surface area (TPSA) is 61.4 Å². The smallest absolute Gasteiger partial charge is 0.322 e. The number of fused-ring (bicyclic) bond motifs is 1. The molecule has 0 unspecified atom stereocenters. The second-order valence-electron chi connectivity index (χ2n) is 9.94. The van der Waals surface area contributed by atoms with Gasteiger partial charge < -0.3 is 10.2 Å². The minimum absolute atomic E-state index is 0.0879. The molecule has 1 amide bonds. The van der Waals surface area contributed by atoms with Gasteiger partial charge in [-0.1, -0.05) is 24.0 Å². The highest BCUT2D eigenvalue weighted by Crippen LogP contribution is 2.34. The van der Waals surface area contributed by atoms with Gasteiger partial charge in [-0.2, -0.15) is 13.2 Å². The third kappa shape index (κ3) is 6.47. The van der Waals surface area contributed by atoms with Crippen molar-refractivity contribution in [2.24, 2.45) is 0 Å². The molecule has 0 radical (unpaired) electrons. The summed E-state index contributed by atoms with van der Waals surface area (Å²) >= 11 is 0. The number of alkyl halides is 3. The van der Waals surface area contributed by atoms with E-state index < -0.39 is 17.6 Å². The first-order valence-electron chi connectivity index (χ1n) is 12.9. The predicted octanol–water partition coefficient (Wildman–Crippen LogP) is 5.36. The third-order valence-corrected chi connectivity index (χ3v) is 6.97. The van der Waals surface area contributed by atoms with E-state index in [-0.39, 0.29) is 17.8 Å². The average Bonchev–Trinajstić information content (AvgIpc) is 2.94. The van der Waals surface area contributed by atoms with Crippen LogP contribution in [0.15, 0.2) is 67.0 Å². The van der Waals surface area contributed by atoms with Crippen molar-refractivity contribution in [3.05, 3.63) is 100 Å². The van der Waals surface area contributed by atoms with Gasteiger partial charge in [0, 0.05) is 67.5 Å². The molecule has 0 atom stereocenters. The Morgan fingerprint density at radius 3 is 2.42 bits per heavy atom. The zero-order valence-corrected chi connectivity index (χ0v) is 22.2. The number of nitrogens with one attached hydrogen (secondary N) is 1. The second kappa shape index (κ2) is 11.5. The Balaban J connectivity index is 1.34. The lowest BCUT2D eigenvalue weighted by atomic mass is 10.0. The van der Waals surface area contributed by atoms with Gasteiger partial charge in [-0.3, -0.25) is 19.7 Å². The minimum atomic E-state index is -4.54. The molecular formula is C31H28F3N5O. The molecule has 2 heterocycles. The zero-order valence-electron chi connectivity index (χ0n) is 22.2. The van der Waals surface area contributed by atoms with Gasteiger partial charge in [0.1, 0.15) is 0 Å². The lowest BCUT2D eigenvalue weighted by Gasteiger charge is -2.33. The first-order chi connectivity index (χ1) is 19.2. The Hall–Kier alpha value is -4.26. The van der Waals surface area contributed by atoms with Gasteiger partial charge in [0.25, 0.3) is 5.91 Å². The zero-order chi connectivity index (χ0) is 28.3. The number of aromatic nitrogens is 2. The summed E-state index contributed by atoms with van der Waals surface area (Å²) in [5, 5.41) is 2.63. The van der Waals surface area contributed by atoms with Crippen LogP contribution in [0.3, 0.4) is 0 Å². The number of carbonyl (C=O) groups is 1. The highest BCUT2D eigenvalue weighted by Gasteiger charge is 2.34. The number of aryl methyl sites for hydroxylation is 1. The van der Waals surface area contributed by atoms with E-state index in [1.807, 2.05) is 37.1 Å². The van der Waals surface area contributed by atoms with Gasteiger partial charge in [0.15, 0.2) is 0 Å². The fourth-order valence-electron chi connectivity index (χ4n) is 4.58. The number of hydrogen-bond acceptors (Lipinski definition) is 5. The van der Waals surface area contributed by atoms with Crippen LogP contribution in [0.1, 0.15) is 38.2 Å². The summed E-state index contributed by atoms with van der Waals surface area (Å²) in [6, 6.07) is 14.6. The van der Waals surface area contributed by atoms with Gasteiger partial charge in [0.2, 0.25) is 0 Å². The normalized spacial score (nSPS) is 14.5. The van der Waals surface area contributed by atoms with Crippen molar-refractivity contribution in [2.45, 2.75) is 19.6 Å². The van der Waals surface area contributed by atoms with E-state index in [0.29, 0.717) is 24.2 Å². The summed E-state index contributed by atoms with van der Waals surface area (Å²) < 4.78 is 41.9. The molecule has 0 bridgehead atoms. The molecule has 40 heavy (non-hydrogen) atoms. The van der Waals surface area contributed by atoms with Crippen molar-refractivity contribution >= 4 is 22.6 Å². The lowest BCUT2D eigenvalue weighted by Crippen LogP contribution is -2.44. The van der Waals surface area contributed by atoms with E-state index in [1.165, 1.54) is 12.1 Å². The van der Waals surface area contributed by atoms with Crippen molar-refractivity contribution in [2.75, 3.05) is 38.5 Å². The Morgan fingerprint density at radius 2 is 1.68 bits per heavy atom. The fourth-order valence-corrected chi connectivity index (χ4v) is 4.58. The molecule has 6 nitrogen and oxygen atoms in total. The number of likely N-dealkylation sites (N-methyl/N-ethyl adjacent to an activating group) is 1. The Bertz CT molecular complexity index is 1620. The van der Waals surface area contributed by atoms with E-state index in [2.05, 4.69) is 32.0 Å². The van der Waals surface area contributed by atoms with E-state index in [4.69, 9.17) is 0 Å². The van der Waals surface area contributed by atoms with E-state index in [0.717, 1.165) is 41.3 Å². The first kappa shape index (κ1) is 27.3. The van der Waals surface area contributed by atoms with Crippen LogP contribution in [0.4, 0.5) is 18.9 Å². The summed E-state index contributed by atoms with van der Waals surface area (Å²) in [6.07, 6.45) is -1.30. The first-order valence-corrected chi connectivity index (χ1v) is 12.9. The summed E-state index contributed by atoms with van der Waals surface area (Å²) in [6.45, 7) is 5.14. The molecule has 0 aliphatic carbocycles. The SMILES string of the molecule is Cc1ccc(C(=O)Nc2ccc(CN3CCN(C)CC3)c(C(F)(F)F)c2)cc1C#Cc1ccc2nccnc2c1. The van der Waals surface area contributed by atoms with Gasteiger partial charge in [0.05, 0.1) is 16.6 Å². The van der Waals surface area contributed by atoms with Crippen molar-refractivity contribution in [1.29, 1.82) is 0 Å². The number of benzene rings is 3. The molecule has 0 spiro atoms. The highest BCUT2D eigenvalue weighted by atomic mass is 19.4. The molecule has 3 aromatic carbocycles. The maximum Gasteiger partial charge on any atom is 0.416 e. The molecule has 1 fully saturated rings. The van der Waals surface area contributed by atoms with Crippen LogP contribution in [-0.2, 0) is 12.7 Å². The lowest BCUT2D eigenvalue weighted by molar-refractivity contribution is -0.138.